The molecule has 106 valence electrons. The molecule has 0 aliphatic heterocycles. The summed E-state index contributed by atoms with van der Waals surface area (Å²) in [5.74, 6) is 0.530. The third kappa shape index (κ3) is 5.29. The molecule has 0 heterocycles. The summed E-state index contributed by atoms with van der Waals surface area (Å²) < 4.78 is 9.48. The van der Waals surface area contributed by atoms with Crippen molar-refractivity contribution in [3.63, 3.8) is 0 Å². The van der Waals surface area contributed by atoms with E-state index in [1.807, 2.05) is 5.32 Å². The molecular formula is C12H17NO6. The zero-order chi connectivity index (χ0) is 14.9. The van der Waals surface area contributed by atoms with Gasteiger partial charge in [-0.2, -0.15) is 0 Å². The molecule has 19 heavy (non-hydrogen) atoms. The monoisotopic (exact) mass is 271 g/mol. The molecule has 0 aliphatic carbocycles. The van der Waals surface area contributed by atoms with E-state index in [4.69, 9.17) is 21.0 Å². The summed E-state index contributed by atoms with van der Waals surface area (Å²) in [7, 11) is 0. The van der Waals surface area contributed by atoms with Crippen molar-refractivity contribution in [2.75, 3.05) is 13.2 Å². The minimum atomic E-state index is -1.82. The number of terminal acetylenes is 1. The van der Waals surface area contributed by atoms with Crippen LogP contribution in [0.4, 0.5) is 4.79 Å². The topological polar surface area (TPSA) is 102 Å². The van der Waals surface area contributed by atoms with Crippen LogP contribution in [-0.4, -0.2) is 41.9 Å². The highest BCUT2D eigenvalue weighted by atomic mass is 16.5. The predicted octanol–water partition coefficient (Wildman–Crippen LogP) is 0.532. The zero-order valence-electron chi connectivity index (χ0n) is 10.9. The molecule has 0 aromatic rings. The Kier molecular flexibility index (Phi) is 7.04. The van der Waals surface area contributed by atoms with E-state index in [-0.39, 0.29) is 19.6 Å². The molecule has 0 aromatic carbocycles. The Balaban J connectivity index is 5.24. The fourth-order valence-corrected chi connectivity index (χ4v) is 1.45. The van der Waals surface area contributed by atoms with E-state index in [1.54, 1.807) is 13.8 Å². The van der Waals surface area contributed by atoms with Gasteiger partial charge in [-0.05, 0) is 13.8 Å². The fourth-order valence-electron chi connectivity index (χ4n) is 1.45. The molecule has 0 rings (SSSR count). The Morgan fingerprint density at radius 1 is 1.26 bits per heavy atom. The van der Waals surface area contributed by atoms with Crippen molar-refractivity contribution in [3.05, 3.63) is 0 Å². The van der Waals surface area contributed by atoms with Crippen molar-refractivity contribution in [1.82, 2.24) is 5.32 Å². The van der Waals surface area contributed by atoms with E-state index in [1.165, 1.54) is 0 Å². The second kappa shape index (κ2) is 7.97. The fraction of sp³-hybridized carbons (Fsp3) is 0.583. The van der Waals surface area contributed by atoms with E-state index in [0.29, 0.717) is 0 Å². The molecule has 1 atom stereocenters. The molecule has 0 fully saturated rings. The van der Waals surface area contributed by atoms with Gasteiger partial charge in [0.2, 0.25) is 0 Å². The van der Waals surface area contributed by atoms with Crippen molar-refractivity contribution >= 4 is 18.0 Å². The summed E-state index contributed by atoms with van der Waals surface area (Å²) in [4.78, 5) is 34.2. The molecule has 1 amide bonds. The van der Waals surface area contributed by atoms with E-state index < -0.39 is 30.0 Å². The molecule has 0 aromatic heterocycles. The smallest absolute Gasteiger partial charge is 0.405 e. The van der Waals surface area contributed by atoms with Gasteiger partial charge in [0.15, 0.2) is 5.54 Å². The number of nitrogens with one attached hydrogen (secondary N) is 1. The van der Waals surface area contributed by atoms with Gasteiger partial charge >= 0.3 is 18.0 Å². The van der Waals surface area contributed by atoms with Gasteiger partial charge in [0, 0.05) is 6.42 Å². The van der Waals surface area contributed by atoms with E-state index in [2.05, 4.69) is 5.92 Å². The first-order chi connectivity index (χ1) is 8.91. The van der Waals surface area contributed by atoms with Gasteiger partial charge in [0.05, 0.1) is 19.6 Å². The number of rotatable bonds is 7. The Morgan fingerprint density at radius 3 is 2.26 bits per heavy atom. The van der Waals surface area contributed by atoms with Gasteiger partial charge in [-0.25, -0.2) is 9.59 Å². The SMILES string of the molecule is C#CCC(CC(=O)OCC)(NC(=O)O)C(=O)OCC. The standard InChI is InChI=1S/C12H17NO6/c1-4-7-12(13-11(16)17,10(15)19-6-3)8-9(14)18-5-2/h1,13H,5-8H2,2-3H3,(H,16,17). The molecule has 0 spiro atoms. The van der Waals surface area contributed by atoms with Crippen LogP contribution in [0.1, 0.15) is 26.7 Å². The van der Waals surface area contributed by atoms with E-state index in [9.17, 15) is 14.4 Å². The normalized spacial score (nSPS) is 12.7. The minimum Gasteiger partial charge on any atom is -0.466 e. The van der Waals surface area contributed by atoms with Gasteiger partial charge in [-0.3, -0.25) is 4.79 Å². The number of hydrogen-bond donors (Lipinski definition) is 2. The largest absolute Gasteiger partial charge is 0.466 e. The Morgan fingerprint density at radius 2 is 1.84 bits per heavy atom. The maximum atomic E-state index is 11.9. The first-order valence-corrected chi connectivity index (χ1v) is 5.69. The van der Waals surface area contributed by atoms with Gasteiger partial charge in [0.25, 0.3) is 0 Å². The Labute approximate surface area is 111 Å². The highest BCUT2D eigenvalue weighted by Gasteiger charge is 2.43. The molecule has 7 nitrogen and oxygen atoms in total. The van der Waals surface area contributed by atoms with Crippen LogP contribution in [-0.2, 0) is 19.1 Å². The number of hydrogen-bond acceptors (Lipinski definition) is 5. The Bertz CT molecular complexity index is 386. The second-order valence-corrected chi connectivity index (χ2v) is 3.60. The second-order valence-electron chi connectivity index (χ2n) is 3.60. The lowest BCUT2D eigenvalue weighted by Gasteiger charge is -2.28. The van der Waals surface area contributed by atoms with Crippen LogP contribution in [0.25, 0.3) is 0 Å². The van der Waals surface area contributed by atoms with Gasteiger partial charge in [0.1, 0.15) is 0 Å². The van der Waals surface area contributed by atoms with Crippen LogP contribution in [0.15, 0.2) is 0 Å². The molecule has 0 saturated heterocycles. The number of amides is 1. The molecule has 2 N–H and O–H groups in total. The first kappa shape index (κ1) is 16.8. The van der Waals surface area contributed by atoms with Crippen molar-refractivity contribution < 1.29 is 29.0 Å². The summed E-state index contributed by atoms with van der Waals surface area (Å²) in [6.07, 6.45) is 2.83. The third-order valence-corrected chi connectivity index (χ3v) is 2.17. The molecule has 1 unspecified atom stereocenters. The summed E-state index contributed by atoms with van der Waals surface area (Å²) in [6, 6.07) is 0. The van der Waals surface area contributed by atoms with Crippen molar-refractivity contribution in [3.8, 4) is 12.3 Å². The van der Waals surface area contributed by atoms with Gasteiger partial charge in [-0.1, -0.05) is 0 Å². The number of esters is 2. The van der Waals surface area contributed by atoms with Gasteiger partial charge < -0.3 is 19.9 Å². The van der Waals surface area contributed by atoms with Crippen LogP contribution in [0.2, 0.25) is 0 Å². The van der Waals surface area contributed by atoms with Gasteiger partial charge in [-0.15, -0.1) is 12.3 Å². The van der Waals surface area contributed by atoms with Crippen LogP contribution in [0.5, 0.6) is 0 Å². The molecule has 0 saturated carbocycles. The lowest BCUT2D eigenvalue weighted by atomic mass is 9.91. The number of ether oxygens (including phenoxy) is 2. The zero-order valence-corrected chi connectivity index (χ0v) is 10.9. The highest BCUT2D eigenvalue weighted by Crippen LogP contribution is 2.19. The molecule has 0 aliphatic rings. The summed E-state index contributed by atoms with van der Waals surface area (Å²) >= 11 is 0. The summed E-state index contributed by atoms with van der Waals surface area (Å²) in [5, 5.41) is 10.8. The van der Waals surface area contributed by atoms with E-state index >= 15 is 0 Å². The molecule has 0 radical (unpaired) electrons. The summed E-state index contributed by atoms with van der Waals surface area (Å²) in [5.41, 5.74) is -1.82. The van der Waals surface area contributed by atoms with Crippen LogP contribution in [0, 0.1) is 12.3 Å². The number of carbonyl (C=O) groups is 3. The third-order valence-electron chi connectivity index (χ3n) is 2.17. The maximum Gasteiger partial charge on any atom is 0.405 e. The van der Waals surface area contributed by atoms with Crippen molar-refractivity contribution in [2.24, 2.45) is 0 Å². The van der Waals surface area contributed by atoms with Crippen molar-refractivity contribution in [1.29, 1.82) is 0 Å². The lowest BCUT2D eigenvalue weighted by molar-refractivity contribution is -0.157. The first-order valence-electron chi connectivity index (χ1n) is 5.69. The lowest BCUT2D eigenvalue weighted by Crippen LogP contribution is -2.56. The minimum absolute atomic E-state index is 0.0370. The van der Waals surface area contributed by atoms with Crippen LogP contribution in [0.3, 0.4) is 0 Å². The van der Waals surface area contributed by atoms with E-state index in [0.717, 1.165) is 0 Å². The van der Waals surface area contributed by atoms with Crippen LogP contribution < -0.4 is 5.32 Å². The molecule has 7 heteroatoms. The van der Waals surface area contributed by atoms with Crippen molar-refractivity contribution in [2.45, 2.75) is 32.2 Å². The predicted molar refractivity (Wildman–Crippen MR) is 65.2 cm³/mol. The number of carboxylic acid groups (broad SMARTS) is 1. The number of carbonyl (C=O) groups excluding carboxylic acids is 2. The molecule has 0 bridgehead atoms. The molecular weight excluding hydrogens is 254 g/mol. The average Bonchev–Trinajstić information content (AvgIpc) is 2.28. The van der Waals surface area contributed by atoms with Crippen LogP contribution >= 0.6 is 0 Å². The highest BCUT2D eigenvalue weighted by molar-refractivity contribution is 5.90. The average molecular weight is 271 g/mol. The summed E-state index contributed by atoms with van der Waals surface area (Å²) in [6.45, 7) is 3.30. The quantitative estimate of drug-likeness (QED) is 0.517. The Hall–Kier alpha value is -2.23. The maximum absolute atomic E-state index is 11.9.